The van der Waals surface area contributed by atoms with Gasteiger partial charge in [0.1, 0.15) is 5.69 Å². The zero-order chi connectivity index (χ0) is 19.4. The fourth-order valence-corrected chi connectivity index (χ4v) is 2.60. The van der Waals surface area contributed by atoms with Crippen LogP contribution in [0, 0.1) is 0 Å². The molecule has 1 heterocycles. The minimum atomic E-state index is -0.650. The number of esters is 1. The summed E-state index contributed by atoms with van der Waals surface area (Å²) in [7, 11) is 1.24. The number of ketones is 1. The first-order chi connectivity index (χ1) is 13.0. The smallest absolute Gasteiger partial charge is 0.358 e. The number of nitrogens with one attached hydrogen (secondary N) is 1. The topological polar surface area (TPSA) is 90.3 Å². The molecule has 0 radical (unpaired) electrons. The van der Waals surface area contributed by atoms with Crippen LogP contribution < -0.4 is 5.32 Å². The number of benzene rings is 2. The predicted octanol–water partition coefficient (Wildman–Crippen LogP) is 3.11. The summed E-state index contributed by atoms with van der Waals surface area (Å²) in [5, 5.41) is 6.90. The van der Waals surface area contributed by atoms with Crippen molar-refractivity contribution in [3.8, 4) is 5.69 Å². The number of ether oxygens (including phenoxy) is 1. The van der Waals surface area contributed by atoms with Crippen molar-refractivity contribution >= 4 is 23.3 Å². The van der Waals surface area contributed by atoms with Gasteiger partial charge in [0, 0.05) is 11.6 Å². The van der Waals surface area contributed by atoms with Crippen LogP contribution in [0.25, 0.3) is 5.69 Å². The molecule has 136 valence electrons. The van der Waals surface area contributed by atoms with Crippen molar-refractivity contribution in [2.75, 3.05) is 12.4 Å². The third kappa shape index (κ3) is 3.77. The van der Waals surface area contributed by atoms with Crippen LogP contribution in [0.4, 0.5) is 5.69 Å². The molecule has 0 aliphatic carbocycles. The van der Waals surface area contributed by atoms with Crippen LogP contribution in [0.5, 0.6) is 0 Å². The molecule has 0 saturated carbocycles. The number of rotatable bonds is 5. The van der Waals surface area contributed by atoms with Gasteiger partial charge in [-0.1, -0.05) is 30.3 Å². The van der Waals surface area contributed by atoms with Crippen LogP contribution in [-0.2, 0) is 4.74 Å². The Morgan fingerprint density at radius 3 is 2.33 bits per heavy atom. The summed E-state index contributed by atoms with van der Waals surface area (Å²) in [6, 6.07) is 17.0. The minimum absolute atomic E-state index is 0.00589. The van der Waals surface area contributed by atoms with Crippen molar-refractivity contribution in [1.29, 1.82) is 0 Å². The van der Waals surface area contributed by atoms with E-state index in [9.17, 15) is 14.4 Å². The summed E-state index contributed by atoms with van der Waals surface area (Å²) in [6.45, 7) is 1.43. The molecule has 0 saturated heterocycles. The van der Waals surface area contributed by atoms with Gasteiger partial charge in [-0.2, -0.15) is 5.10 Å². The van der Waals surface area contributed by atoms with E-state index in [2.05, 4.69) is 10.4 Å². The summed E-state index contributed by atoms with van der Waals surface area (Å²) < 4.78 is 6.06. The molecule has 7 heteroatoms. The fourth-order valence-electron chi connectivity index (χ4n) is 2.60. The second kappa shape index (κ2) is 7.65. The van der Waals surface area contributed by atoms with Crippen molar-refractivity contribution < 1.29 is 19.1 Å². The number of anilines is 1. The van der Waals surface area contributed by atoms with Gasteiger partial charge in [-0.25, -0.2) is 9.48 Å². The zero-order valence-corrected chi connectivity index (χ0v) is 14.8. The van der Waals surface area contributed by atoms with Gasteiger partial charge in [0.05, 0.1) is 18.5 Å². The standard InChI is InChI=1S/C20H17N3O4/c1-13(24)15-10-6-7-11-16(15)21-19(25)18-12-17(20(26)27-2)22-23(18)14-8-4-3-5-9-14/h3-12H,1-2H3,(H,21,25). The molecule has 0 spiro atoms. The normalized spacial score (nSPS) is 10.3. The van der Waals surface area contributed by atoms with Gasteiger partial charge in [0.15, 0.2) is 11.5 Å². The number of nitrogens with zero attached hydrogens (tertiary/aromatic N) is 2. The Bertz CT molecular complexity index is 1010. The van der Waals surface area contributed by atoms with E-state index in [0.29, 0.717) is 16.9 Å². The number of hydrogen-bond acceptors (Lipinski definition) is 5. The minimum Gasteiger partial charge on any atom is -0.464 e. The van der Waals surface area contributed by atoms with Gasteiger partial charge in [0.2, 0.25) is 0 Å². The van der Waals surface area contributed by atoms with Crippen molar-refractivity contribution in [3.05, 3.63) is 77.6 Å². The Balaban J connectivity index is 2.03. The van der Waals surface area contributed by atoms with E-state index in [4.69, 9.17) is 4.74 Å². The molecule has 27 heavy (non-hydrogen) atoms. The number of carbonyl (C=O) groups excluding carboxylic acids is 3. The Kier molecular flexibility index (Phi) is 5.12. The number of para-hydroxylation sites is 2. The molecule has 0 fully saturated rings. The van der Waals surface area contributed by atoms with Gasteiger partial charge in [0.25, 0.3) is 5.91 Å². The molecular weight excluding hydrogens is 346 g/mol. The number of carbonyl (C=O) groups is 3. The highest BCUT2D eigenvalue weighted by atomic mass is 16.5. The lowest BCUT2D eigenvalue weighted by molar-refractivity contribution is 0.0593. The van der Waals surface area contributed by atoms with E-state index in [1.54, 1.807) is 48.5 Å². The first kappa shape index (κ1) is 18.1. The van der Waals surface area contributed by atoms with Gasteiger partial charge in [-0.05, 0) is 31.2 Å². The quantitative estimate of drug-likeness (QED) is 0.556. The molecule has 3 rings (SSSR count). The third-order valence-corrected chi connectivity index (χ3v) is 3.89. The number of hydrogen-bond donors (Lipinski definition) is 1. The third-order valence-electron chi connectivity index (χ3n) is 3.89. The first-order valence-corrected chi connectivity index (χ1v) is 8.16. The van der Waals surface area contributed by atoms with E-state index in [0.717, 1.165) is 0 Å². The zero-order valence-electron chi connectivity index (χ0n) is 14.8. The highest BCUT2D eigenvalue weighted by Crippen LogP contribution is 2.19. The summed E-state index contributed by atoms with van der Waals surface area (Å²) in [4.78, 5) is 36.5. The van der Waals surface area contributed by atoms with Crippen molar-refractivity contribution in [3.63, 3.8) is 0 Å². The molecule has 0 aliphatic rings. The number of amides is 1. The van der Waals surface area contributed by atoms with Crippen molar-refractivity contribution in [2.24, 2.45) is 0 Å². The Morgan fingerprint density at radius 1 is 1.00 bits per heavy atom. The van der Waals surface area contributed by atoms with Gasteiger partial charge in [-0.3, -0.25) is 9.59 Å². The molecule has 0 bridgehead atoms. The Hall–Kier alpha value is -3.74. The average molecular weight is 363 g/mol. The van der Waals surface area contributed by atoms with E-state index < -0.39 is 11.9 Å². The van der Waals surface area contributed by atoms with Crippen LogP contribution in [0.15, 0.2) is 60.7 Å². The lowest BCUT2D eigenvalue weighted by Crippen LogP contribution is -2.18. The maximum absolute atomic E-state index is 12.9. The van der Waals surface area contributed by atoms with Gasteiger partial charge < -0.3 is 10.1 Å². The maximum atomic E-state index is 12.9. The van der Waals surface area contributed by atoms with Crippen molar-refractivity contribution in [2.45, 2.75) is 6.92 Å². The number of methoxy groups -OCH3 is 1. The molecule has 2 aromatic carbocycles. The van der Waals surface area contributed by atoms with Gasteiger partial charge >= 0.3 is 5.97 Å². The molecule has 1 N–H and O–H groups in total. The van der Waals surface area contributed by atoms with Gasteiger partial charge in [-0.15, -0.1) is 0 Å². The second-order valence-corrected chi connectivity index (χ2v) is 5.71. The number of Topliss-reactive ketones (excluding diaryl/α,β-unsaturated/α-hetero) is 1. The summed E-state index contributed by atoms with van der Waals surface area (Å²) in [5.74, 6) is -1.32. The monoisotopic (exact) mass is 363 g/mol. The molecule has 1 amide bonds. The van der Waals surface area contributed by atoms with Crippen LogP contribution in [0.3, 0.4) is 0 Å². The van der Waals surface area contributed by atoms with Crippen molar-refractivity contribution in [1.82, 2.24) is 9.78 Å². The second-order valence-electron chi connectivity index (χ2n) is 5.71. The molecule has 7 nitrogen and oxygen atoms in total. The Labute approximate surface area is 155 Å². The van der Waals surface area contributed by atoms with Crippen LogP contribution >= 0.6 is 0 Å². The summed E-state index contributed by atoms with van der Waals surface area (Å²) in [6.07, 6.45) is 0. The first-order valence-electron chi connectivity index (χ1n) is 8.16. The van der Waals surface area contributed by atoms with Crippen LogP contribution in [-0.4, -0.2) is 34.6 Å². The fraction of sp³-hybridized carbons (Fsp3) is 0.100. The molecule has 3 aromatic rings. The lowest BCUT2D eigenvalue weighted by atomic mass is 10.1. The predicted molar refractivity (Wildman–Crippen MR) is 99.3 cm³/mol. The van der Waals surface area contributed by atoms with E-state index in [1.807, 2.05) is 6.07 Å². The molecule has 1 aromatic heterocycles. The summed E-state index contributed by atoms with van der Waals surface area (Å²) in [5.41, 5.74) is 1.53. The molecular formula is C20H17N3O4. The van der Waals surface area contributed by atoms with E-state index >= 15 is 0 Å². The molecule has 0 aliphatic heterocycles. The lowest BCUT2D eigenvalue weighted by Gasteiger charge is -2.10. The molecule has 0 unspecified atom stereocenters. The maximum Gasteiger partial charge on any atom is 0.358 e. The molecule has 0 atom stereocenters. The largest absolute Gasteiger partial charge is 0.464 e. The Morgan fingerprint density at radius 2 is 1.67 bits per heavy atom. The highest BCUT2D eigenvalue weighted by Gasteiger charge is 2.21. The van der Waals surface area contributed by atoms with Crippen LogP contribution in [0.2, 0.25) is 0 Å². The number of aromatic nitrogens is 2. The summed E-state index contributed by atoms with van der Waals surface area (Å²) >= 11 is 0. The van der Waals surface area contributed by atoms with Crippen LogP contribution in [0.1, 0.15) is 38.3 Å². The highest BCUT2D eigenvalue weighted by molar-refractivity contribution is 6.09. The van der Waals surface area contributed by atoms with E-state index in [1.165, 1.54) is 24.8 Å². The van der Waals surface area contributed by atoms with E-state index in [-0.39, 0.29) is 17.2 Å². The average Bonchev–Trinajstić information content (AvgIpc) is 3.14. The SMILES string of the molecule is COC(=O)c1cc(C(=O)Nc2ccccc2C(C)=O)n(-c2ccccc2)n1.